The van der Waals surface area contributed by atoms with Gasteiger partial charge in [-0.05, 0) is 31.4 Å². The Labute approximate surface area is 111 Å². The SMILES string of the molecule is CCc1cccc(C(=O)N2CCCc3[nH]ncc32)n1. The van der Waals surface area contributed by atoms with Crippen molar-refractivity contribution in [2.45, 2.75) is 26.2 Å². The van der Waals surface area contributed by atoms with Gasteiger partial charge in [-0.3, -0.25) is 9.89 Å². The van der Waals surface area contributed by atoms with Gasteiger partial charge in [0, 0.05) is 12.2 Å². The zero-order valence-electron chi connectivity index (χ0n) is 10.9. The number of hydrogen-bond acceptors (Lipinski definition) is 3. The van der Waals surface area contributed by atoms with Gasteiger partial charge in [0.1, 0.15) is 5.69 Å². The maximum absolute atomic E-state index is 12.6. The molecule has 5 heteroatoms. The van der Waals surface area contributed by atoms with Gasteiger partial charge in [-0.25, -0.2) is 4.98 Å². The monoisotopic (exact) mass is 256 g/mol. The summed E-state index contributed by atoms with van der Waals surface area (Å²) in [6, 6.07) is 5.60. The molecular formula is C14H16N4O. The summed E-state index contributed by atoms with van der Waals surface area (Å²) >= 11 is 0. The van der Waals surface area contributed by atoms with E-state index in [0.717, 1.165) is 42.9 Å². The number of amides is 1. The van der Waals surface area contributed by atoms with Crippen LogP contribution in [0.5, 0.6) is 0 Å². The summed E-state index contributed by atoms with van der Waals surface area (Å²) in [4.78, 5) is 18.7. The van der Waals surface area contributed by atoms with Crippen molar-refractivity contribution in [2.75, 3.05) is 11.4 Å². The van der Waals surface area contributed by atoms with Crippen molar-refractivity contribution in [3.63, 3.8) is 0 Å². The van der Waals surface area contributed by atoms with Gasteiger partial charge in [0.25, 0.3) is 5.91 Å². The van der Waals surface area contributed by atoms with Crippen molar-refractivity contribution in [1.82, 2.24) is 15.2 Å². The quantitative estimate of drug-likeness (QED) is 0.893. The maximum atomic E-state index is 12.6. The Hall–Kier alpha value is -2.17. The molecule has 19 heavy (non-hydrogen) atoms. The fourth-order valence-corrected chi connectivity index (χ4v) is 2.40. The Morgan fingerprint density at radius 3 is 3.21 bits per heavy atom. The van der Waals surface area contributed by atoms with Gasteiger partial charge in [0.2, 0.25) is 0 Å². The Bertz CT molecular complexity index is 605. The van der Waals surface area contributed by atoms with Gasteiger partial charge in [-0.15, -0.1) is 0 Å². The van der Waals surface area contributed by atoms with E-state index >= 15 is 0 Å². The van der Waals surface area contributed by atoms with E-state index < -0.39 is 0 Å². The van der Waals surface area contributed by atoms with E-state index in [1.165, 1.54) is 0 Å². The minimum absolute atomic E-state index is 0.0438. The molecule has 1 N–H and O–H groups in total. The van der Waals surface area contributed by atoms with Crippen LogP contribution in [0.1, 0.15) is 35.2 Å². The minimum Gasteiger partial charge on any atom is -0.304 e. The first-order chi connectivity index (χ1) is 9.29. The predicted molar refractivity (Wildman–Crippen MR) is 72.2 cm³/mol. The molecule has 0 spiro atoms. The summed E-state index contributed by atoms with van der Waals surface area (Å²) in [5, 5.41) is 6.98. The van der Waals surface area contributed by atoms with Gasteiger partial charge < -0.3 is 4.90 Å². The van der Waals surface area contributed by atoms with E-state index in [9.17, 15) is 4.79 Å². The molecule has 2 aromatic heterocycles. The highest BCUT2D eigenvalue weighted by Crippen LogP contribution is 2.25. The van der Waals surface area contributed by atoms with Crippen molar-refractivity contribution in [2.24, 2.45) is 0 Å². The summed E-state index contributed by atoms with van der Waals surface area (Å²) in [6.07, 6.45) is 4.45. The molecule has 0 unspecified atom stereocenters. The zero-order chi connectivity index (χ0) is 13.2. The third-order valence-corrected chi connectivity index (χ3v) is 3.43. The van der Waals surface area contributed by atoms with Gasteiger partial charge in [-0.1, -0.05) is 13.0 Å². The van der Waals surface area contributed by atoms with Crippen LogP contribution in [0, 0.1) is 0 Å². The first-order valence-electron chi connectivity index (χ1n) is 6.59. The summed E-state index contributed by atoms with van der Waals surface area (Å²) < 4.78 is 0. The molecule has 0 saturated heterocycles. The molecular weight excluding hydrogens is 240 g/mol. The fraction of sp³-hybridized carbons (Fsp3) is 0.357. The highest BCUT2D eigenvalue weighted by molar-refractivity contribution is 6.05. The molecule has 0 saturated carbocycles. The van der Waals surface area contributed by atoms with Crippen LogP contribution < -0.4 is 4.90 Å². The summed E-state index contributed by atoms with van der Waals surface area (Å²) in [5.41, 5.74) is 3.37. The molecule has 0 aliphatic carbocycles. The second-order valence-corrected chi connectivity index (χ2v) is 4.66. The van der Waals surface area contributed by atoms with Crippen LogP contribution in [0.25, 0.3) is 0 Å². The molecule has 0 bridgehead atoms. The highest BCUT2D eigenvalue weighted by Gasteiger charge is 2.25. The van der Waals surface area contributed by atoms with Crippen LogP contribution in [0.2, 0.25) is 0 Å². The number of H-pyrrole nitrogens is 1. The molecule has 5 nitrogen and oxygen atoms in total. The average Bonchev–Trinajstić information content (AvgIpc) is 2.95. The standard InChI is InChI=1S/C14H16N4O/c1-2-10-5-3-6-12(16-10)14(19)18-8-4-7-11-13(18)9-15-17-11/h3,5-6,9H,2,4,7-8H2,1H3,(H,15,17). The molecule has 2 aromatic rings. The van der Waals surface area contributed by atoms with Crippen molar-refractivity contribution in [3.8, 4) is 0 Å². The summed E-state index contributed by atoms with van der Waals surface area (Å²) in [7, 11) is 0. The van der Waals surface area contributed by atoms with Gasteiger partial charge in [-0.2, -0.15) is 5.10 Å². The zero-order valence-corrected chi connectivity index (χ0v) is 10.9. The van der Waals surface area contributed by atoms with Crippen molar-refractivity contribution in [3.05, 3.63) is 41.5 Å². The largest absolute Gasteiger partial charge is 0.304 e. The van der Waals surface area contributed by atoms with Crippen molar-refractivity contribution in [1.29, 1.82) is 0 Å². The number of carbonyl (C=O) groups excluding carboxylic acids is 1. The van der Waals surface area contributed by atoms with Gasteiger partial charge >= 0.3 is 0 Å². The summed E-state index contributed by atoms with van der Waals surface area (Å²) in [6.45, 7) is 2.76. The smallest absolute Gasteiger partial charge is 0.276 e. The lowest BCUT2D eigenvalue weighted by Crippen LogP contribution is -2.35. The summed E-state index contributed by atoms with van der Waals surface area (Å²) in [5.74, 6) is -0.0438. The van der Waals surface area contributed by atoms with Crippen LogP contribution in [-0.4, -0.2) is 27.6 Å². The number of anilines is 1. The van der Waals surface area contributed by atoms with E-state index in [1.54, 1.807) is 17.2 Å². The normalized spacial score (nSPS) is 14.3. The number of carbonyl (C=O) groups is 1. The van der Waals surface area contributed by atoms with E-state index in [0.29, 0.717) is 5.69 Å². The Morgan fingerprint density at radius 2 is 2.37 bits per heavy atom. The molecule has 1 aliphatic heterocycles. The number of nitrogens with zero attached hydrogens (tertiary/aromatic N) is 3. The second kappa shape index (κ2) is 4.84. The average molecular weight is 256 g/mol. The predicted octanol–water partition coefficient (Wildman–Crippen LogP) is 1.96. The van der Waals surface area contributed by atoms with Crippen LogP contribution in [0.3, 0.4) is 0 Å². The third kappa shape index (κ3) is 2.12. The van der Waals surface area contributed by atoms with Crippen molar-refractivity contribution >= 4 is 11.6 Å². The van der Waals surface area contributed by atoms with Crippen LogP contribution >= 0.6 is 0 Å². The number of nitrogens with one attached hydrogen (secondary N) is 1. The number of aryl methyl sites for hydroxylation is 2. The molecule has 0 atom stereocenters. The Morgan fingerprint density at radius 1 is 1.47 bits per heavy atom. The number of hydrogen-bond donors (Lipinski definition) is 1. The van der Waals surface area contributed by atoms with E-state index in [-0.39, 0.29) is 5.91 Å². The van der Waals surface area contributed by atoms with E-state index in [1.807, 2.05) is 19.1 Å². The first-order valence-corrected chi connectivity index (χ1v) is 6.59. The van der Waals surface area contributed by atoms with Gasteiger partial charge in [0.15, 0.2) is 0 Å². The maximum Gasteiger partial charge on any atom is 0.276 e. The van der Waals surface area contributed by atoms with E-state index in [4.69, 9.17) is 0 Å². The Kier molecular flexibility index (Phi) is 3.03. The molecule has 3 heterocycles. The molecule has 3 rings (SSSR count). The fourth-order valence-electron chi connectivity index (χ4n) is 2.40. The molecule has 1 amide bonds. The number of pyridine rings is 1. The molecule has 1 aliphatic rings. The number of rotatable bonds is 2. The lowest BCUT2D eigenvalue weighted by molar-refractivity contribution is 0.0980. The Balaban J connectivity index is 1.93. The van der Waals surface area contributed by atoms with Crippen LogP contribution in [0.15, 0.2) is 24.4 Å². The number of aromatic amines is 1. The minimum atomic E-state index is -0.0438. The number of aromatic nitrogens is 3. The molecule has 0 aromatic carbocycles. The highest BCUT2D eigenvalue weighted by atomic mass is 16.2. The lowest BCUT2D eigenvalue weighted by Gasteiger charge is -2.26. The molecule has 0 radical (unpaired) electrons. The van der Waals surface area contributed by atoms with Crippen LogP contribution in [0.4, 0.5) is 5.69 Å². The van der Waals surface area contributed by atoms with Crippen molar-refractivity contribution < 1.29 is 4.79 Å². The molecule has 98 valence electrons. The van der Waals surface area contributed by atoms with Crippen LogP contribution in [-0.2, 0) is 12.8 Å². The van der Waals surface area contributed by atoms with Gasteiger partial charge in [0.05, 0.1) is 17.6 Å². The van der Waals surface area contributed by atoms with E-state index in [2.05, 4.69) is 15.2 Å². The second-order valence-electron chi connectivity index (χ2n) is 4.66. The first kappa shape index (κ1) is 11.9. The number of fused-ring (bicyclic) bond motifs is 1. The lowest BCUT2D eigenvalue weighted by atomic mass is 10.1. The third-order valence-electron chi connectivity index (χ3n) is 3.43. The molecule has 0 fully saturated rings. The topological polar surface area (TPSA) is 61.9 Å².